The fourth-order valence-electron chi connectivity index (χ4n) is 4.63. The van der Waals surface area contributed by atoms with E-state index < -0.39 is 39.2 Å². The number of oxime groups is 3. The zero-order valence-corrected chi connectivity index (χ0v) is 22.5. The average molecular weight is 583 g/mol. The number of hydrogen-bond acceptors (Lipinski definition) is 11. The highest BCUT2D eigenvalue weighted by molar-refractivity contribution is 5.94. The minimum absolute atomic E-state index is 0.0555. The summed E-state index contributed by atoms with van der Waals surface area (Å²) in [7, 11) is 0. The predicted molar refractivity (Wildman–Crippen MR) is 138 cm³/mol. The third-order valence-corrected chi connectivity index (χ3v) is 7.22. The molecule has 41 heavy (non-hydrogen) atoms. The maximum absolute atomic E-state index is 13.3. The molecule has 222 valence electrons. The summed E-state index contributed by atoms with van der Waals surface area (Å²) in [5.41, 5.74) is -5.17. The highest BCUT2D eigenvalue weighted by Crippen LogP contribution is 2.36. The Labute approximate surface area is 231 Å². The minimum Gasteiger partial charge on any atom is -0.411 e. The van der Waals surface area contributed by atoms with Gasteiger partial charge in [-0.05, 0) is 50.4 Å². The Morgan fingerprint density at radius 3 is 2.12 bits per heavy atom. The van der Waals surface area contributed by atoms with Crippen LogP contribution in [0.3, 0.4) is 0 Å². The lowest BCUT2D eigenvalue weighted by Gasteiger charge is -2.38. The zero-order valence-electron chi connectivity index (χ0n) is 22.5. The van der Waals surface area contributed by atoms with Gasteiger partial charge in [-0.15, -0.1) is 0 Å². The Bertz CT molecular complexity index is 1460. The quantitative estimate of drug-likeness (QED) is 0.123. The second kappa shape index (κ2) is 11.4. The molecular weight excluding hydrogens is 553 g/mol. The van der Waals surface area contributed by atoms with Gasteiger partial charge in [0.15, 0.2) is 5.69 Å². The van der Waals surface area contributed by atoms with E-state index in [9.17, 15) is 38.9 Å². The molecule has 3 N–H and O–H groups in total. The third kappa shape index (κ3) is 6.20. The predicted octanol–water partition coefficient (Wildman–Crippen LogP) is 3.98. The summed E-state index contributed by atoms with van der Waals surface area (Å²) < 4.78 is 44.0. The summed E-state index contributed by atoms with van der Waals surface area (Å²) in [6.07, 6.45) is 4.54. The molecule has 0 bridgehead atoms. The number of nitro groups is 1. The number of aryl methyl sites for hydroxylation is 1. The Morgan fingerprint density at radius 2 is 1.63 bits per heavy atom. The molecule has 3 unspecified atom stereocenters. The number of hydrogen-bond donors (Lipinski definition) is 3. The van der Waals surface area contributed by atoms with Crippen molar-refractivity contribution in [2.24, 2.45) is 15.5 Å². The van der Waals surface area contributed by atoms with Crippen molar-refractivity contribution in [2.75, 3.05) is 0 Å². The summed E-state index contributed by atoms with van der Waals surface area (Å²) >= 11 is 0. The van der Waals surface area contributed by atoms with Crippen LogP contribution in [0.15, 0.2) is 52.9 Å². The molecule has 18 heteroatoms. The molecule has 3 aromatic heterocycles. The van der Waals surface area contributed by atoms with E-state index in [1.165, 1.54) is 24.0 Å². The fraction of sp³-hybridized carbons (Fsp3) is 0.478. The molecule has 3 atom stereocenters. The van der Waals surface area contributed by atoms with Gasteiger partial charge in [0.2, 0.25) is 6.33 Å². The summed E-state index contributed by atoms with van der Waals surface area (Å²) in [6, 6.07) is 0. The monoisotopic (exact) mass is 582 g/mol. The molecule has 0 amide bonds. The zero-order chi connectivity index (χ0) is 30.6. The first kappa shape index (κ1) is 30.8. The molecule has 15 nitrogen and oxygen atoms in total. The van der Waals surface area contributed by atoms with Crippen molar-refractivity contribution in [3.05, 3.63) is 59.1 Å². The summed E-state index contributed by atoms with van der Waals surface area (Å²) in [5.74, 6) is 0.0958. The van der Waals surface area contributed by atoms with E-state index in [2.05, 4.69) is 30.4 Å². The topological polar surface area (TPSA) is 194 Å². The molecule has 0 radical (unpaired) electrons. The van der Waals surface area contributed by atoms with E-state index in [1.807, 2.05) is 0 Å². The fourth-order valence-corrected chi connectivity index (χ4v) is 4.63. The molecule has 0 aliphatic carbocycles. The smallest absolute Gasteiger partial charge is 0.411 e. The third-order valence-electron chi connectivity index (χ3n) is 7.22. The molecule has 0 aliphatic heterocycles. The van der Waals surface area contributed by atoms with Gasteiger partial charge in [-0.25, -0.2) is 9.97 Å². The lowest BCUT2D eigenvalue weighted by Crippen LogP contribution is -2.46. The second-order valence-corrected chi connectivity index (χ2v) is 10.1. The van der Waals surface area contributed by atoms with Crippen molar-refractivity contribution in [1.82, 2.24) is 28.7 Å². The van der Waals surface area contributed by atoms with Gasteiger partial charge in [0.05, 0.1) is 41.1 Å². The van der Waals surface area contributed by atoms with Gasteiger partial charge in [0, 0.05) is 25.0 Å². The minimum atomic E-state index is -4.75. The summed E-state index contributed by atoms with van der Waals surface area (Å²) in [4.78, 5) is 22.1. The van der Waals surface area contributed by atoms with Gasteiger partial charge >= 0.3 is 12.0 Å². The van der Waals surface area contributed by atoms with Crippen LogP contribution >= 0.6 is 0 Å². The van der Waals surface area contributed by atoms with E-state index in [0.29, 0.717) is 12.0 Å². The van der Waals surface area contributed by atoms with Crippen LogP contribution < -0.4 is 0 Å². The SMILES string of the molecule is Cc1nccn1C(C)(C=NO)CCC(C)(C(CC(C)(C=NO)n1cnc(C(F)(F)F)c1)=NO)n1cnc([N+](=O)[O-])c1. The molecule has 0 fully saturated rings. The average Bonchev–Trinajstić information content (AvgIpc) is 3.67. The molecular formula is C23H29F3N10O5. The van der Waals surface area contributed by atoms with Crippen molar-refractivity contribution in [3.8, 4) is 0 Å². The standard InChI is InChI=1S/C23H29F3N10O5/c1-16-27-7-8-35(16)20(2,12-30-37)5-6-22(4,34-11-19(29-15-34)36(40)41)17(32-39)9-21(3,13-31-38)33-10-18(28-14-33)23(24,25)26/h7-8,10-15,37-39H,5-6,9H2,1-4H3. The second-order valence-electron chi connectivity index (χ2n) is 10.1. The lowest BCUT2D eigenvalue weighted by molar-refractivity contribution is -0.389. The first-order valence-electron chi connectivity index (χ1n) is 12.0. The number of halogens is 3. The van der Waals surface area contributed by atoms with Crippen molar-refractivity contribution < 1.29 is 33.7 Å². The van der Waals surface area contributed by atoms with Crippen molar-refractivity contribution >= 4 is 24.0 Å². The van der Waals surface area contributed by atoms with Crippen LogP contribution in [-0.4, -0.2) is 67.3 Å². The van der Waals surface area contributed by atoms with Crippen molar-refractivity contribution in [1.29, 1.82) is 0 Å². The lowest BCUT2D eigenvalue weighted by atomic mass is 9.79. The largest absolute Gasteiger partial charge is 0.434 e. The van der Waals surface area contributed by atoms with Crippen molar-refractivity contribution in [2.45, 2.75) is 69.8 Å². The van der Waals surface area contributed by atoms with Gasteiger partial charge in [-0.3, -0.25) is 4.57 Å². The van der Waals surface area contributed by atoms with E-state index >= 15 is 0 Å². The molecule has 0 spiro atoms. The molecule has 0 aliphatic rings. The van der Waals surface area contributed by atoms with E-state index in [1.54, 1.807) is 37.7 Å². The molecule has 0 saturated heterocycles. The van der Waals surface area contributed by atoms with E-state index in [4.69, 9.17) is 0 Å². The Balaban J connectivity index is 2.11. The number of imidazole rings is 3. The Hall–Kier alpha value is -4.77. The number of rotatable bonds is 12. The summed E-state index contributed by atoms with van der Waals surface area (Å²) in [6.45, 7) is 6.51. The van der Waals surface area contributed by atoms with Gasteiger partial charge in [0.1, 0.15) is 12.0 Å². The van der Waals surface area contributed by atoms with E-state index in [0.717, 1.165) is 23.3 Å². The molecule has 3 rings (SSSR count). The molecule has 3 aromatic rings. The molecule has 0 saturated carbocycles. The van der Waals surface area contributed by atoms with Gasteiger partial charge in [-0.1, -0.05) is 15.5 Å². The van der Waals surface area contributed by atoms with Crippen LogP contribution in [0.4, 0.5) is 19.0 Å². The first-order chi connectivity index (χ1) is 19.1. The van der Waals surface area contributed by atoms with Crippen molar-refractivity contribution in [3.63, 3.8) is 0 Å². The van der Waals surface area contributed by atoms with Gasteiger partial charge in [-0.2, -0.15) is 13.2 Å². The maximum Gasteiger partial charge on any atom is 0.434 e. The van der Waals surface area contributed by atoms with Crippen LogP contribution in [0, 0.1) is 17.0 Å². The van der Waals surface area contributed by atoms with Gasteiger partial charge < -0.3 is 34.9 Å². The molecule has 3 heterocycles. The van der Waals surface area contributed by atoms with Gasteiger partial charge in [0.25, 0.3) is 0 Å². The van der Waals surface area contributed by atoms with Crippen LogP contribution in [0.25, 0.3) is 0 Å². The Kier molecular flexibility index (Phi) is 8.54. The van der Waals surface area contributed by atoms with Crippen LogP contribution in [0.5, 0.6) is 0 Å². The summed E-state index contributed by atoms with van der Waals surface area (Å²) in [5, 5.41) is 50.1. The normalized spacial score (nSPS) is 17.5. The number of alkyl halides is 3. The highest BCUT2D eigenvalue weighted by Gasteiger charge is 2.43. The van der Waals surface area contributed by atoms with Crippen LogP contribution in [0.1, 0.15) is 51.6 Å². The van der Waals surface area contributed by atoms with E-state index in [-0.39, 0.29) is 25.0 Å². The van der Waals surface area contributed by atoms with Crippen LogP contribution in [-0.2, 0) is 22.8 Å². The molecule has 0 aromatic carbocycles. The number of aromatic nitrogens is 6. The maximum atomic E-state index is 13.3. The van der Waals surface area contributed by atoms with Crippen LogP contribution in [0.2, 0.25) is 0 Å². The highest BCUT2D eigenvalue weighted by atomic mass is 19.4. The Morgan fingerprint density at radius 1 is 1.00 bits per heavy atom. The number of nitrogens with zero attached hydrogens (tertiary/aromatic N) is 10. The first-order valence-corrected chi connectivity index (χ1v) is 12.0.